The summed E-state index contributed by atoms with van der Waals surface area (Å²) in [5.41, 5.74) is 5.44. The Balaban J connectivity index is 2.30. The highest BCUT2D eigenvalue weighted by Gasteiger charge is 2.43. The molecule has 0 aliphatic carbocycles. The Morgan fingerprint density at radius 3 is 2.63 bits per heavy atom. The van der Waals surface area contributed by atoms with Crippen molar-refractivity contribution in [2.24, 2.45) is 11.7 Å². The first-order chi connectivity index (χ1) is 8.75. The highest BCUT2D eigenvalue weighted by molar-refractivity contribution is 5.09. The van der Waals surface area contributed by atoms with Gasteiger partial charge in [0.25, 0.3) is 0 Å². The molecule has 0 spiro atoms. The average Bonchev–Trinajstić information content (AvgIpc) is 2.70. The standard InChI is InChI=1S/C12H19F3N4/c1-3-6-11(2,16)10-18-17-9-5-4-8(7-19(9)10)12(13,14)15/h8H,3-7,16H2,1-2H3. The van der Waals surface area contributed by atoms with Crippen molar-refractivity contribution in [3.8, 4) is 0 Å². The normalized spacial score (nSPS) is 22.9. The van der Waals surface area contributed by atoms with Crippen molar-refractivity contribution in [2.75, 3.05) is 0 Å². The molecule has 19 heavy (non-hydrogen) atoms. The fourth-order valence-corrected chi connectivity index (χ4v) is 2.65. The third-order valence-corrected chi connectivity index (χ3v) is 3.69. The van der Waals surface area contributed by atoms with E-state index in [0.717, 1.165) is 6.42 Å². The first-order valence-corrected chi connectivity index (χ1v) is 6.54. The summed E-state index contributed by atoms with van der Waals surface area (Å²) < 4.78 is 40.1. The number of nitrogens with zero attached hydrogens (tertiary/aromatic N) is 3. The van der Waals surface area contributed by atoms with Crippen LogP contribution in [0, 0.1) is 5.92 Å². The Kier molecular flexibility index (Phi) is 3.59. The fraction of sp³-hybridized carbons (Fsp3) is 0.833. The van der Waals surface area contributed by atoms with E-state index in [2.05, 4.69) is 10.2 Å². The molecule has 0 saturated carbocycles. The summed E-state index contributed by atoms with van der Waals surface area (Å²) in [7, 11) is 0. The summed E-state index contributed by atoms with van der Waals surface area (Å²) in [5.74, 6) is -0.242. The van der Waals surface area contributed by atoms with E-state index in [1.807, 2.05) is 6.92 Å². The summed E-state index contributed by atoms with van der Waals surface area (Å²) in [6, 6.07) is 0. The second-order valence-electron chi connectivity index (χ2n) is 5.50. The molecule has 0 amide bonds. The maximum absolute atomic E-state index is 12.8. The van der Waals surface area contributed by atoms with Crippen LogP contribution in [0.15, 0.2) is 0 Å². The second-order valence-corrected chi connectivity index (χ2v) is 5.50. The molecule has 1 aromatic rings. The summed E-state index contributed by atoms with van der Waals surface area (Å²) in [6.45, 7) is 3.67. The highest BCUT2D eigenvalue weighted by atomic mass is 19.4. The predicted molar refractivity (Wildman–Crippen MR) is 64.3 cm³/mol. The lowest BCUT2D eigenvalue weighted by Gasteiger charge is -2.30. The van der Waals surface area contributed by atoms with Gasteiger partial charge in [-0.05, 0) is 19.8 Å². The number of aryl methyl sites for hydroxylation is 1. The third-order valence-electron chi connectivity index (χ3n) is 3.69. The van der Waals surface area contributed by atoms with E-state index >= 15 is 0 Å². The first-order valence-electron chi connectivity index (χ1n) is 6.54. The Bertz CT molecular complexity index is 450. The van der Waals surface area contributed by atoms with Gasteiger partial charge in [-0.25, -0.2) is 0 Å². The van der Waals surface area contributed by atoms with Gasteiger partial charge in [0.05, 0.1) is 11.5 Å². The van der Waals surface area contributed by atoms with Crippen LogP contribution in [0.4, 0.5) is 13.2 Å². The summed E-state index contributed by atoms with van der Waals surface area (Å²) in [6.07, 6.45) is -2.27. The minimum Gasteiger partial charge on any atom is -0.319 e. The lowest BCUT2D eigenvalue weighted by Crippen LogP contribution is -2.39. The number of rotatable bonds is 3. The van der Waals surface area contributed by atoms with Crippen molar-refractivity contribution >= 4 is 0 Å². The highest BCUT2D eigenvalue weighted by Crippen LogP contribution is 2.35. The molecule has 2 N–H and O–H groups in total. The van der Waals surface area contributed by atoms with Gasteiger partial charge < -0.3 is 10.3 Å². The number of fused-ring (bicyclic) bond motifs is 1. The molecule has 2 heterocycles. The Hall–Kier alpha value is -1.11. The van der Waals surface area contributed by atoms with E-state index in [9.17, 15) is 13.2 Å². The van der Waals surface area contributed by atoms with E-state index in [4.69, 9.17) is 5.73 Å². The molecule has 108 valence electrons. The molecule has 0 aromatic carbocycles. The van der Waals surface area contributed by atoms with Crippen molar-refractivity contribution in [3.05, 3.63) is 11.6 Å². The number of halogens is 3. The molecule has 7 heteroatoms. The van der Waals surface area contributed by atoms with E-state index < -0.39 is 17.6 Å². The predicted octanol–water partition coefficient (Wildman–Crippen LogP) is 2.38. The molecule has 2 atom stereocenters. The van der Waals surface area contributed by atoms with E-state index in [1.165, 1.54) is 0 Å². The van der Waals surface area contributed by atoms with Crippen LogP contribution in [0.25, 0.3) is 0 Å². The third kappa shape index (κ3) is 2.75. The average molecular weight is 276 g/mol. The monoisotopic (exact) mass is 276 g/mol. The summed E-state index contributed by atoms with van der Waals surface area (Å²) >= 11 is 0. The van der Waals surface area contributed by atoms with Crippen LogP contribution in [-0.2, 0) is 18.5 Å². The molecular formula is C12H19F3N4. The number of hydrogen-bond donors (Lipinski definition) is 1. The zero-order valence-corrected chi connectivity index (χ0v) is 11.2. The molecule has 0 fully saturated rings. The van der Waals surface area contributed by atoms with Crippen molar-refractivity contribution in [1.82, 2.24) is 14.8 Å². The van der Waals surface area contributed by atoms with Crippen LogP contribution in [0.2, 0.25) is 0 Å². The van der Waals surface area contributed by atoms with E-state index in [0.29, 0.717) is 24.5 Å². The minimum atomic E-state index is -4.17. The van der Waals surface area contributed by atoms with Crippen molar-refractivity contribution in [1.29, 1.82) is 0 Å². The van der Waals surface area contributed by atoms with Crippen LogP contribution in [-0.4, -0.2) is 20.9 Å². The fourth-order valence-electron chi connectivity index (χ4n) is 2.65. The maximum atomic E-state index is 12.8. The van der Waals surface area contributed by atoms with Gasteiger partial charge in [0.1, 0.15) is 5.82 Å². The molecule has 0 bridgehead atoms. The van der Waals surface area contributed by atoms with Crippen molar-refractivity contribution in [2.45, 2.75) is 57.8 Å². The zero-order chi connectivity index (χ0) is 14.3. The van der Waals surface area contributed by atoms with Crippen LogP contribution in [0.3, 0.4) is 0 Å². The lowest BCUT2D eigenvalue weighted by atomic mass is 9.94. The number of aromatic nitrogens is 3. The molecule has 0 radical (unpaired) electrons. The Morgan fingerprint density at radius 2 is 2.05 bits per heavy atom. The zero-order valence-electron chi connectivity index (χ0n) is 11.2. The number of nitrogens with two attached hydrogens (primary N) is 1. The molecule has 4 nitrogen and oxygen atoms in total. The molecule has 1 aliphatic rings. The molecule has 2 rings (SSSR count). The molecule has 2 unspecified atom stereocenters. The van der Waals surface area contributed by atoms with Crippen LogP contribution < -0.4 is 5.73 Å². The largest absolute Gasteiger partial charge is 0.393 e. The summed E-state index contributed by atoms with van der Waals surface area (Å²) in [4.78, 5) is 0. The smallest absolute Gasteiger partial charge is 0.319 e. The molecule has 1 aliphatic heterocycles. The van der Waals surface area contributed by atoms with Gasteiger partial charge in [0.15, 0.2) is 5.82 Å². The molecule has 1 aromatic heterocycles. The van der Waals surface area contributed by atoms with Gasteiger partial charge in [0.2, 0.25) is 0 Å². The van der Waals surface area contributed by atoms with Crippen LogP contribution in [0.1, 0.15) is 44.8 Å². The minimum absolute atomic E-state index is 0.0801. The van der Waals surface area contributed by atoms with Gasteiger partial charge in [-0.15, -0.1) is 10.2 Å². The molecular weight excluding hydrogens is 257 g/mol. The van der Waals surface area contributed by atoms with Crippen molar-refractivity contribution in [3.63, 3.8) is 0 Å². The second kappa shape index (κ2) is 4.77. The van der Waals surface area contributed by atoms with Gasteiger partial charge >= 0.3 is 6.18 Å². The van der Waals surface area contributed by atoms with Crippen LogP contribution >= 0.6 is 0 Å². The Labute approximate surface area is 110 Å². The van der Waals surface area contributed by atoms with Gasteiger partial charge in [-0.1, -0.05) is 13.3 Å². The first kappa shape index (κ1) is 14.3. The number of hydrogen-bond acceptors (Lipinski definition) is 3. The SMILES string of the molecule is CCCC(C)(N)c1nnc2n1CC(C(F)(F)F)CC2. The van der Waals surface area contributed by atoms with E-state index in [-0.39, 0.29) is 13.0 Å². The Morgan fingerprint density at radius 1 is 1.37 bits per heavy atom. The summed E-state index contributed by atoms with van der Waals surface area (Å²) in [5, 5.41) is 8.01. The lowest BCUT2D eigenvalue weighted by molar-refractivity contribution is -0.182. The van der Waals surface area contributed by atoms with Gasteiger partial charge in [0, 0.05) is 13.0 Å². The van der Waals surface area contributed by atoms with Crippen molar-refractivity contribution < 1.29 is 13.2 Å². The van der Waals surface area contributed by atoms with Gasteiger partial charge in [-0.3, -0.25) is 0 Å². The topological polar surface area (TPSA) is 56.7 Å². The quantitative estimate of drug-likeness (QED) is 0.922. The van der Waals surface area contributed by atoms with Gasteiger partial charge in [-0.2, -0.15) is 13.2 Å². The number of alkyl halides is 3. The van der Waals surface area contributed by atoms with Crippen LogP contribution in [0.5, 0.6) is 0 Å². The maximum Gasteiger partial charge on any atom is 0.393 e. The van der Waals surface area contributed by atoms with E-state index in [1.54, 1.807) is 11.5 Å². The molecule has 0 saturated heterocycles.